The first kappa shape index (κ1) is 24.8. The Morgan fingerprint density at radius 1 is 1.27 bits per heavy atom. The Kier molecular flexibility index (Phi) is 7.80. The molecule has 3 amide bonds. The Morgan fingerprint density at radius 2 is 1.97 bits per heavy atom. The van der Waals surface area contributed by atoms with Gasteiger partial charge in [-0.3, -0.25) is 14.4 Å². The van der Waals surface area contributed by atoms with E-state index in [1.807, 2.05) is 37.3 Å². The largest absolute Gasteiger partial charge is 0.388 e. The third-order valence-electron chi connectivity index (χ3n) is 5.91. The Hall–Kier alpha value is -2.85. The molecule has 0 spiro atoms. The van der Waals surface area contributed by atoms with Gasteiger partial charge in [0.15, 0.2) is 0 Å². The zero-order valence-electron chi connectivity index (χ0n) is 19.4. The van der Waals surface area contributed by atoms with Gasteiger partial charge in [-0.05, 0) is 33.1 Å². The number of aromatic nitrogens is 2. The summed E-state index contributed by atoms with van der Waals surface area (Å²) in [6, 6.07) is 7.54. The van der Waals surface area contributed by atoms with E-state index < -0.39 is 23.6 Å². The van der Waals surface area contributed by atoms with Crippen LogP contribution >= 0.6 is 11.5 Å². The lowest BCUT2D eigenvalue weighted by Gasteiger charge is -2.34. The monoisotopic (exact) mass is 473 g/mol. The number of nitrogens with zero attached hydrogens (tertiary/aromatic N) is 3. The van der Waals surface area contributed by atoms with Crippen LogP contribution in [-0.4, -0.2) is 61.5 Å². The van der Waals surface area contributed by atoms with E-state index in [0.29, 0.717) is 36.5 Å². The van der Waals surface area contributed by atoms with Crippen molar-refractivity contribution >= 4 is 34.3 Å². The molecule has 0 radical (unpaired) electrons. The molecule has 0 unspecified atom stereocenters. The highest BCUT2D eigenvalue weighted by Crippen LogP contribution is 2.30. The third kappa shape index (κ3) is 5.75. The van der Waals surface area contributed by atoms with E-state index in [1.54, 1.807) is 6.92 Å². The lowest BCUT2D eigenvalue weighted by molar-refractivity contribution is -0.146. The van der Waals surface area contributed by atoms with Gasteiger partial charge >= 0.3 is 0 Å². The predicted octanol–water partition coefficient (Wildman–Crippen LogP) is 2.44. The predicted molar refractivity (Wildman–Crippen MR) is 126 cm³/mol. The van der Waals surface area contributed by atoms with Crippen LogP contribution in [0.5, 0.6) is 0 Å². The van der Waals surface area contributed by atoms with Gasteiger partial charge in [-0.2, -0.15) is 0 Å². The number of aliphatic hydroxyl groups is 1. The fourth-order valence-corrected chi connectivity index (χ4v) is 4.33. The van der Waals surface area contributed by atoms with E-state index >= 15 is 0 Å². The molecule has 1 aromatic heterocycles. The standard InChI is InChI=1S/C23H31N5O4S/c1-5-14(2)19(29)24-18(23(3,4)32)22(31)28-13-9-12-16(28)20(30)25-21-17(26-27-33-21)15-10-7-6-8-11-15/h6-8,10-11,14,16,18,32H,5,9,12-13H2,1-4H3,(H,24,29)(H,25,30)/t14-,16+,18-/m1/s1. The molecule has 3 rings (SSSR count). The molecule has 3 N–H and O–H groups in total. The number of hydrogen-bond acceptors (Lipinski definition) is 7. The van der Waals surface area contributed by atoms with Gasteiger partial charge in [-0.15, -0.1) is 5.10 Å². The minimum Gasteiger partial charge on any atom is -0.388 e. The first-order valence-electron chi connectivity index (χ1n) is 11.1. The minimum atomic E-state index is -1.49. The molecular formula is C23H31N5O4S. The van der Waals surface area contributed by atoms with Crippen molar-refractivity contribution in [2.24, 2.45) is 5.92 Å². The molecule has 3 atom stereocenters. The third-order valence-corrected chi connectivity index (χ3v) is 6.55. The van der Waals surface area contributed by atoms with Gasteiger partial charge in [0.25, 0.3) is 0 Å². The van der Waals surface area contributed by atoms with Crippen molar-refractivity contribution in [2.75, 3.05) is 11.9 Å². The fraction of sp³-hybridized carbons (Fsp3) is 0.522. The van der Waals surface area contributed by atoms with Crippen LogP contribution in [0.1, 0.15) is 47.0 Å². The van der Waals surface area contributed by atoms with Gasteiger partial charge in [0, 0.05) is 29.6 Å². The van der Waals surface area contributed by atoms with Gasteiger partial charge in [-0.25, -0.2) is 0 Å². The molecule has 33 heavy (non-hydrogen) atoms. The molecule has 2 aromatic rings. The smallest absolute Gasteiger partial charge is 0.248 e. The van der Waals surface area contributed by atoms with Crippen molar-refractivity contribution in [3.05, 3.63) is 30.3 Å². The quantitative estimate of drug-likeness (QED) is 0.541. The van der Waals surface area contributed by atoms with Crippen LogP contribution in [0.4, 0.5) is 5.00 Å². The summed E-state index contributed by atoms with van der Waals surface area (Å²) in [5, 5.41) is 20.8. The number of amides is 3. The average Bonchev–Trinajstić information content (AvgIpc) is 3.45. The minimum absolute atomic E-state index is 0.296. The molecule has 1 aliphatic heterocycles. The second-order valence-electron chi connectivity index (χ2n) is 8.90. The van der Waals surface area contributed by atoms with E-state index in [2.05, 4.69) is 20.2 Å². The Balaban J connectivity index is 1.77. The lowest BCUT2D eigenvalue weighted by Crippen LogP contribution is -2.60. The summed E-state index contributed by atoms with van der Waals surface area (Å²) >= 11 is 1.07. The van der Waals surface area contributed by atoms with Crippen molar-refractivity contribution in [1.29, 1.82) is 0 Å². The first-order chi connectivity index (χ1) is 15.6. The van der Waals surface area contributed by atoms with Crippen LogP contribution in [0, 0.1) is 5.92 Å². The molecular weight excluding hydrogens is 442 g/mol. The van der Waals surface area contributed by atoms with Crippen LogP contribution in [-0.2, 0) is 14.4 Å². The van der Waals surface area contributed by atoms with Gasteiger partial charge in [0.1, 0.15) is 22.8 Å². The van der Waals surface area contributed by atoms with Gasteiger partial charge in [-0.1, -0.05) is 48.7 Å². The highest BCUT2D eigenvalue weighted by atomic mass is 32.1. The van der Waals surface area contributed by atoms with Crippen molar-refractivity contribution in [3.63, 3.8) is 0 Å². The number of nitrogens with one attached hydrogen (secondary N) is 2. The number of likely N-dealkylation sites (tertiary alicyclic amines) is 1. The summed E-state index contributed by atoms with van der Waals surface area (Å²) in [5.74, 6) is -1.41. The highest BCUT2D eigenvalue weighted by molar-refractivity contribution is 7.10. The van der Waals surface area contributed by atoms with Crippen LogP contribution in [0.3, 0.4) is 0 Å². The maximum absolute atomic E-state index is 13.4. The first-order valence-corrected chi connectivity index (χ1v) is 11.9. The van der Waals surface area contributed by atoms with E-state index in [9.17, 15) is 19.5 Å². The molecule has 10 heteroatoms. The number of carbonyl (C=O) groups excluding carboxylic acids is 3. The van der Waals surface area contributed by atoms with Crippen LogP contribution in [0.25, 0.3) is 11.3 Å². The van der Waals surface area contributed by atoms with Crippen LogP contribution in [0.2, 0.25) is 0 Å². The molecule has 0 saturated carbocycles. The average molecular weight is 474 g/mol. The SMILES string of the molecule is CC[C@@H](C)C(=O)N[C@H](C(=O)N1CCC[C@H]1C(=O)Nc1snnc1-c1ccccc1)C(C)(C)O. The van der Waals surface area contributed by atoms with Gasteiger partial charge < -0.3 is 20.6 Å². The number of anilines is 1. The number of carbonyl (C=O) groups is 3. The number of rotatable bonds is 8. The maximum Gasteiger partial charge on any atom is 0.248 e. The molecule has 2 heterocycles. The zero-order valence-corrected chi connectivity index (χ0v) is 20.2. The van der Waals surface area contributed by atoms with E-state index in [0.717, 1.165) is 17.1 Å². The molecule has 178 valence electrons. The van der Waals surface area contributed by atoms with Crippen molar-refractivity contribution in [1.82, 2.24) is 19.8 Å². The summed E-state index contributed by atoms with van der Waals surface area (Å²) in [4.78, 5) is 40.5. The summed E-state index contributed by atoms with van der Waals surface area (Å²) < 4.78 is 3.97. The second-order valence-corrected chi connectivity index (χ2v) is 9.65. The lowest BCUT2D eigenvalue weighted by atomic mass is 9.95. The Morgan fingerprint density at radius 3 is 2.61 bits per heavy atom. The highest BCUT2D eigenvalue weighted by Gasteiger charge is 2.43. The molecule has 9 nitrogen and oxygen atoms in total. The summed E-state index contributed by atoms with van der Waals surface area (Å²) in [7, 11) is 0. The van der Waals surface area contributed by atoms with Crippen molar-refractivity contribution < 1.29 is 19.5 Å². The van der Waals surface area contributed by atoms with Gasteiger partial charge in [0.2, 0.25) is 17.7 Å². The topological polar surface area (TPSA) is 125 Å². The summed E-state index contributed by atoms with van der Waals surface area (Å²) in [5.41, 5.74) is -0.0953. The second kappa shape index (κ2) is 10.4. The molecule has 0 bridgehead atoms. The normalized spacial score (nSPS) is 18.0. The zero-order chi connectivity index (χ0) is 24.2. The van der Waals surface area contributed by atoms with E-state index in [4.69, 9.17) is 0 Å². The van der Waals surface area contributed by atoms with E-state index in [1.165, 1.54) is 18.7 Å². The molecule has 1 aromatic carbocycles. The van der Waals surface area contributed by atoms with Crippen molar-refractivity contribution in [2.45, 2.75) is 64.6 Å². The summed E-state index contributed by atoms with van der Waals surface area (Å²) in [6.45, 7) is 6.97. The Labute approximate surface area is 197 Å². The molecule has 1 saturated heterocycles. The molecule has 0 aliphatic carbocycles. The molecule has 1 fully saturated rings. The van der Waals surface area contributed by atoms with Gasteiger partial charge in [0.05, 0.1) is 5.60 Å². The van der Waals surface area contributed by atoms with E-state index in [-0.39, 0.29) is 17.7 Å². The van der Waals surface area contributed by atoms with Crippen molar-refractivity contribution in [3.8, 4) is 11.3 Å². The van der Waals surface area contributed by atoms with Crippen LogP contribution < -0.4 is 10.6 Å². The fourth-order valence-electron chi connectivity index (χ4n) is 3.73. The number of hydrogen-bond donors (Lipinski definition) is 3. The maximum atomic E-state index is 13.4. The van der Waals surface area contributed by atoms with Crippen LogP contribution in [0.15, 0.2) is 30.3 Å². The number of benzene rings is 1. The molecule has 1 aliphatic rings. The summed E-state index contributed by atoms with van der Waals surface area (Å²) in [6.07, 6.45) is 1.75. The Bertz CT molecular complexity index is 988.